The Morgan fingerprint density at radius 1 is 1.24 bits per heavy atom. The lowest BCUT2D eigenvalue weighted by Crippen LogP contribution is -2.42. The van der Waals surface area contributed by atoms with Gasteiger partial charge >= 0.3 is 0 Å². The van der Waals surface area contributed by atoms with Gasteiger partial charge in [0.05, 0.1) is 0 Å². The second kappa shape index (κ2) is 8.53. The summed E-state index contributed by atoms with van der Waals surface area (Å²) in [5, 5.41) is 0. The Balaban J connectivity index is 2.36. The third-order valence-corrected chi connectivity index (χ3v) is 5.37. The van der Waals surface area contributed by atoms with Crippen molar-refractivity contribution in [3.8, 4) is 0 Å². The summed E-state index contributed by atoms with van der Waals surface area (Å²) in [5.41, 5.74) is 0. The molecule has 1 aliphatic rings. The second-order valence-electron chi connectivity index (χ2n) is 5.72. The molecule has 0 heterocycles. The van der Waals surface area contributed by atoms with Crippen LogP contribution in [-0.4, -0.2) is 29.4 Å². The molecule has 0 N–H and O–H groups in total. The molecule has 0 spiro atoms. The summed E-state index contributed by atoms with van der Waals surface area (Å²) >= 11 is 3.88. The molecule has 1 saturated carbocycles. The molecule has 102 valence electrons. The third-order valence-electron chi connectivity index (χ3n) is 4.30. The number of halogens is 1. The molecule has 17 heavy (non-hydrogen) atoms. The van der Waals surface area contributed by atoms with Crippen LogP contribution in [0, 0.1) is 5.92 Å². The van der Waals surface area contributed by atoms with E-state index in [0.717, 1.165) is 16.8 Å². The Morgan fingerprint density at radius 2 is 1.94 bits per heavy atom. The predicted octanol–water partition coefficient (Wildman–Crippen LogP) is 4.84. The van der Waals surface area contributed by atoms with Gasteiger partial charge in [0.25, 0.3) is 0 Å². The zero-order valence-electron chi connectivity index (χ0n) is 11.9. The molecule has 2 heteroatoms. The molecule has 3 unspecified atom stereocenters. The summed E-state index contributed by atoms with van der Waals surface area (Å²) in [6.45, 7) is 5.94. The molecule has 1 nitrogen and oxygen atoms in total. The van der Waals surface area contributed by atoms with E-state index >= 15 is 0 Å². The standard InChI is InChI=1S/C15H30BrN/c1-4-6-9-13(5-2)12-17(3)15-11-8-7-10-14(15)16/h13-15H,4-12H2,1-3H3. The Hall–Kier alpha value is 0.440. The summed E-state index contributed by atoms with van der Waals surface area (Å²) < 4.78 is 0. The van der Waals surface area contributed by atoms with Crippen molar-refractivity contribution in [2.24, 2.45) is 5.92 Å². The van der Waals surface area contributed by atoms with E-state index in [0.29, 0.717) is 0 Å². The van der Waals surface area contributed by atoms with Crippen LogP contribution in [0.2, 0.25) is 0 Å². The van der Waals surface area contributed by atoms with Gasteiger partial charge in [0, 0.05) is 17.4 Å². The topological polar surface area (TPSA) is 3.24 Å². The summed E-state index contributed by atoms with van der Waals surface area (Å²) in [6, 6.07) is 0.777. The zero-order chi connectivity index (χ0) is 12.7. The van der Waals surface area contributed by atoms with Crippen molar-refractivity contribution in [1.82, 2.24) is 4.90 Å². The summed E-state index contributed by atoms with van der Waals surface area (Å²) in [7, 11) is 2.33. The molecule has 1 fully saturated rings. The molecule has 0 bridgehead atoms. The highest BCUT2D eigenvalue weighted by atomic mass is 79.9. The monoisotopic (exact) mass is 303 g/mol. The molecule has 0 aromatic carbocycles. The molecule has 3 atom stereocenters. The van der Waals surface area contributed by atoms with Gasteiger partial charge in [0.1, 0.15) is 0 Å². The second-order valence-corrected chi connectivity index (χ2v) is 6.90. The molecule has 1 rings (SSSR count). The van der Waals surface area contributed by atoms with E-state index in [9.17, 15) is 0 Å². The van der Waals surface area contributed by atoms with E-state index < -0.39 is 0 Å². The van der Waals surface area contributed by atoms with Crippen LogP contribution < -0.4 is 0 Å². The van der Waals surface area contributed by atoms with Crippen LogP contribution in [-0.2, 0) is 0 Å². The van der Waals surface area contributed by atoms with Gasteiger partial charge in [0.15, 0.2) is 0 Å². The highest BCUT2D eigenvalue weighted by Crippen LogP contribution is 2.29. The van der Waals surface area contributed by atoms with Crippen molar-refractivity contribution in [3.05, 3.63) is 0 Å². The van der Waals surface area contributed by atoms with Crippen LogP contribution in [0.25, 0.3) is 0 Å². The molecule has 0 saturated heterocycles. The van der Waals surface area contributed by atoms with Crippen LogP contribution in [0.5, 0.6) is 0 Å². The van der Waals surface area contributed by atoms with Crippen LogP contribution >= 0.6 is 15.9 Å². The van der Waals surface area contributed by atoms with Crippen molar-refractivity contribution in [2.75, 3.05) is 13.6 Å². The average Bonchev–Trinajstić information content (AvgIpc) is 2.34. The van der Waals surface area contributed by atoms with Crippen LogP contribution in [0.3, 0.4) is 0 Å². The van der Waals surface area contributed by atoms with E-state index in [1.807, 2.05) is 0 Å². The average molecular weight is 304 g/mol. The fourth-order valence-electron chi connectivity index (χ4n) is 3.02. The minimum absolute atomic E-state index is 0.727. The maximum Gasteiger partial charge on any atom is 0.0301 e. The van der Waals surface area contributed by atoms with Crippen molar-refractivity contribution >= 4 is 15.9 Å². The number of rotatable bonds is 7. The van der Waals surface area contributed by atoms with Crippen molar-refractivity contribution in [2.45, 2.75) is 76.1 Å². The summed E-state index contributed by atoms with van der Waals surface area (Å²) in [4.78, 5) is 3.35. The van der Waals surface area contributed by atoms with Gasteiger partial charge in [-0.15, -0.1) is 0 Å². The normalized spacial score (nSPS) is 27.4. The maximum absolute atomic E-state index is 3.88. The molecule has 1 aliphatic carbocycles. The van der Waals surface area contributed by atoms with Gasteiger partial charge < -0.3 is 4.90 Å². The lowest BCUT2D eigenvalue weighted by Gasteiger charge is -2.37. The predicted molar refractivity (Wildman–Crippen MR) is 80.9 cm³/mol. The first-order chi connectivity index (χ1) is 8.19. The minimum atomic E-state index is 0.727. The van der Waals surface area contributed by atoms with Gasteiger partial charge in [-0.1, -0.05) is 61.9 Å². The Kier molecular flexibility index (Phi) is 7.77. The van der Waals surface area contributed by atoms with Crippen molar-refractivity contribution in [3.63, 3.8) is 0 Å². The largest absolute Gasteiger partial charge is 0.302 e. The Morgan fingerprint density at radius 3 is 2.53 bits per heavy atom. The highest BCUT2D eigenvalue weighted by Gasteiger charge is 2.27. The quantitative estimate of drug-likeness (QED) is 0.608. The Bertz CT molecular complexity index is 195. The smallest absolute Gasteiger partial charge is 0.0301 e. The maximum atomic E-state index is 3.88. The first kappa shape index (κ1) is 15.5. The van der Waals surface area contributed by atoms with Crippen LogP contribution in [0.4, 0.5) is 0 Å². The molecule has 0 radical (unpaired) electrons. The van der Waals surface area contributed by atoms with E-state index in [4.69, 9.17) is 0 Å². The Labute approximate surface area is 116 Å². The van der Waals surface area contributed by atoms with Gasteiger partial charge in [-0.25, -0.2) is 0 Å². The van der Waals surface area contributed by atoms with Gasteiger partial charge in [-0.3, -0.25) is 0 Å². The minimum Gasteiger partial charge on any atom is -0.302 e. The zero-order valence-corrected chi connectivity index (χ0v) is 13.5. The molecule has 0 amide bonds. The summed E-state index contributed by atoms with van der Waals surface area (Å²) in [6.07, 6.45) is 11.1. The lowest BCUT2D eigenvalue weighted by molar-refractivity contribution is 0.167. The van der Waals surface area contributed by atoms with E-state index in [-0.39, 0.29) is 0 Å². The van der Waals surface area contributed by atoms with Gasteiger partial charge in [0.2, 0.25) is 0 Å². The van der Waals surface area contributed by atoms with Crippen molar-refractivity contribution < 1.29 is 0 Å². The van der Waals surface area contributed by atoms with Gasteiger partial charge in [-0.2, -0.15) is 0 Å². The van der Waals surface area contributed by atoms with E-state index in [1.165, 1.54) is 57.9 Å². The van der Waals surface area contributed by atoms with E-state index in [1.54, 1.807) is 0 Å². The number of alkyl halides is 1. The highest BCUT2D eigenvalue weighted by molar-refractivity contribution is 9.09. The van der Waals surface area contributed by atoms with Crippen LogP contribution in [0.1, 0.15) is 65.2 Å². The van der Waals surface area contributed by atoms with Crippen molar-refractivity contribution in [1.29, 1.82) is 0 Å². The number of unbranched alkanes of at least 4 members (excludes halogenated alkanes) is 1. The van der Waals surface area contributed by atoms with Crippen LogP contribution in [0.15, 0.2) is 0 Å². The molecule has 0 aliphatic heterocycles. The van der Waals surface area contributed by atoms with Gasteiger partial charge in [-0.05, 0) is 32.2 Å². The fraction of sp³-hybridized carbons (Fsp3) is 1.00. The number of hydrogen-bond donors (Lipinski definition) is 0. The molecule has 0 aromatic rings. The number of hydrogen-bond acceptors (Lipinski definition) is 1. The first-order valence-electron chi connectivity index (χ1n) is 7.53. The fourth-order valence-corrected chi connectivity index (χ4v) is 4.01. The lowest BCUT2D eigenvalue weighted by atomic mass is 9.92. The number of nitrogens with zero attached hydrogens (tertiary/aromatic N) is 1. The molecular weight excluding hydrogens is 274 g/mol. The summed E-state index contributed by atoms with van der Waals surface area (Å²) in [5.74, 6) is 0.904. The SMILES string of the molecule is CCCCC(CC)CN(C)C1CCCCC1Br. The third kappa shape index (κ3) is 5.30. The molecule has 0 aromatic heterocycles. The first-order valence-corrected chi connectivity index (χ1v) is 8.44. The van der Waals surface area contributed by atoms with E-state index in [2.05, 4.69) is 41.7 Å². The molecular formula is C15H30BrN.